The second kappa shape index (κ2) is 3.42. The summed E-state index contributed by atoms with van der Waals surface area (Å²) >= 11 is 0. The van der Waals surface area contributed by atoms with Crippen molar-refractivity contribution in [3.8, 4) is 0 Å². The molecule has 1 heteroatoms. The molecular weight excluding hydrogens is 100 g/mol. The minimum absolute atomic E-state index is 0.0370. The van der Waals surface area contributed by atoms with Gasteiger partial charge in [-0.15, -0.1) is 6.58 Å². The van der Waals surface area contributed by atoms with Gasteiger partial charge in [0.05, 0.1) is 0 Å². The first-order valence-electron chi connectivity index (χ1n) is 2.80. The lowest BCUT2D eigenvalue weighted by Gasteiger charge is -2.05. The van der Waals surface area contributed by atoms with Crippen molar-refractivity contribution in [1.82, 2.24) is 0 Å². The molecule has 0 aromatic heterocycles. The average molecular weight is 112 g/mol. The lowest BCUT2D eigenvalue weighted by molar-refractivity contribution is -0.110. The van der Waals surface area contributed by atoms with Crippen molar-refractivity contribution in [3.63, 3.8) is 0 Å². The third-order valence-corrected chi connectivity index (χ3v) is 1.20. The Labute approximate surface area is 50.4 Å². The molecule has 0 aliphatic heterocycles. The fourth-order valence-electron chi connectivity index (χ4n) is 0.485. The van der Waals surface area contributed by atoms with Crippen LogP contribution in [0.25, 0.3) is 0 Å². The Kier molecular flexibility index (Phi) is 3.16. The standard InChI is InChI=1S/C7H12O/c1-4-7(5-8)6(2)3/h4-7H,1H2,2-3H3. The highest BCUT2D eigenvalue weighted by atomic mass is 16.1. The van der Waals surface area contributed by atoms with Gasteiger partial charge in [-0.25, -0.2) is 0 Å². The maximum Gasteiger partial charge on any atom is 0.127 e. The van der Waals surface area contributed by atoms with Gasteiger partial charge in [-0.05, 0) is 5.92 Å². The van der Waals surface area contributed by atoms with Crippen LogP contribution in [0.5, 0.6) is 0 Å². The number of hydrogen-bond acceptors (Lipinski definition) is 1. The molecule has 0 aliphatic rings. The Morgan fingerprint density at radius 2 is 2.00 bits per heavy atom. The van der Waals surface area contributed by atoms with Gasteiger partial charge in [-0.1, -0.05) is 19.9 Å². The molecule has 0 amide bonds. The minimum Gasteiger partial charge on any atom is -0.303 e. The van der Waals surface area contributed by atoms with E-state index in [0.29, 0.717) is 5.92 Å². The van der Waals surface area contributed by atoms with Gasteiger partial charge in [-0.3, -0.25) is 0 Å². The van der Waals surface area contributed by atoms with Crippen LogP contribution in [0.4, 0.5) is 0 Å². The number of hydrogen-bond donors (Lipinski definition) is 0. The molecule has 0 saturated heterocycles. The molecule has 0 rings (SSSR count). The van der Waals surface area contributed by atoms with E-state index in [-0.39, 0.29) is 5.92 Å². The Balaban J connectivity index is 3.68. The minimum atomic E-state index is 0.0370. The van der Waals surface area contributed by atoms with Gasteiger partial charge in [0.15, 0.2) is 0 Å². The Hall–Kier alpha value is -0.590. The highest BCUT2D eigenvalue weighted by Gasteiger charge is 2.04. The lowest BCUT2D eigenvalue weighted by atomic mass is 9.98. The second-order valence-electron chi connectivity index (χ2n) is 2.19. The van der Waals surface area contributed by atoms with E-state index in [9.17, 15) is 4.79 Å². The van der Waals surface area contributed by atoms with E-state index >= 15 is 0 Å². The topological polar surface area (TPSA) is 17.1 Å². The summed E-state index contributed by atoms with van der Waals surface area (Å²) < 4.78 is 0. The first-order chi connectivity index (χ1) is 3.72. The van der Waals surface area contributed by atoms with Crippen LogP contribution in [-0.2, 0) is 4.79 Å². The quantitative estimate of drug-likeness (QED) is 0.400. The van der Waals surface area contributed by atoms with Crippen molar-refractivity contribution in [2.75, 3.05) is 0 Å². The van der Waals surface area contributed by atoms with Crippen LogP contribution >= 0.6 is 0 Å². The van der Waals surface area contributed by atoms with Crippen molar-refractivity contribution in [1.29, 1.82) is 0 Å². The molecule has 0 saturated carbocycles. The van der Waals surface area contributed by atoms with Gasteiger partial charge in [-0.2, -0.15) is 0 Å². The Morgan fingerprint density at radius 3 is 2.00 bits per heavy atom. The largest absolute Gasteiger partial charge is 0.303 e. The van der Waals surface area contributed by atoms with E-state index in [0.717, 1.165) is 6.29 Å². The summed E-state index contributed by atoms with van der Waals surface area (Å²) in [5.74, 6) is 0.431. The fourth-order valence-corrected chi connectivity index (χ4v) is 0.485. The van der Waals surface area contributed by atoms with Crippen LogP contribution < -0.4 is 0 Å². The molecule has 0 spiro atoms. The zero-order chi connectivity index (χ0) is 6.57. The van der Waals surface area contributed by atoms with Gasteiger partial charge >= 0.3 is 0 Å². The van der Waals surface area contributed by atoms with Crippen molar-refractivity contribution >= 4 is 6.29 Å². The fraction of sp³-hybridized carbons (Fsp3) is 0.571. The van der Waals surface area contributed by atoms with Crippen molar-refractivity contribution in [3.05, 3.63) is 12.7 Å². The zero-order valence-electron chi connectivity index (χ0n) is 5.42. The normalized spacial score (nSPS) is 13.4. The van der Waals surface area contributed by atoms with Crippen LogP contribution in [0, 0.1) is 11.8 Å². The number of carbonyl (C=O) groups is 1. The predicted molar refractivity (Wildman–Crippen MR) is 34.6 cm³/mol. The highest BCUT2D eigenvalue weighted by Crippen LogP contribution is 2.07. The Morgan fingerprint density at radius 1 is 1.50 bits per heavy atom. The molecule has 1 nitrogen and oxygen atoms in total. The van der Waals surface area contributed by atoms with E-state index in [1.54, 1.807) is 6.08 Å². The van der Waals surface area contributed by atoms with Gasteiger partial charge in [0.1, 0.15) is 6.29 Å². The molecular formula is C7H12O. The van der Waals surface area contributed by atoms with Crippen LogP contribution in [0.2, 0.25) is 0 Å². The van der Waals surface area contributed by atoms with Gasteiger partial charge in [0.2, 0.25) is 0 Å². The predicted octanol–water partition coefficient (Wildman–Crippen LogP) is 1.64. The molecule has 0 aromatic rings. The molecule has 0 fully saturated rings. The number of carbonyl (C=O) groups excluding carboxylic acids is 1. The molecule has 8 heavy (non-hydrogen) atoms. The average Bonchev–Trinajstić information content (AvgIpc) is 1.69. The van der Waals surface area contributed by atoms with Crippen LogP contribution in [0.15, 0.2) is 12.7 Å². The molecule has 0 heterocycles. The van der Waals surface area contributed by atoms with Crippen molar-refractivity contribution < 1.29 is 4.79 Å². The van der Waals surface area contributed by atoms with Gasteiger partial charge in [0, 0.05) is 5.92 Å². The molecule has 0 N–H and O–H groups in total. The molecule has 1 atom stereocenters. The smallest absolute Gasteiger partial charge is 0.127 e. The summed E-state index contributed by atoms with van der Waals surface area (Å²) in [5.41, 5.74) is 0. The molecule has 0 aliphatic carbocycles. The third kappa shape index (κ3) is 1.92. The summed E-state index contributed by atoms with van der Waals surface area (Å²) in [6.45, 7) is 7.52. The third-order valence-electron chi connectivity index (χ3n) is 1.20. The van der Waals surface area contributed by atoms with E-state index < -0.39 is 0 Å². The van der Waals surface area contributed by atoms with Gasteiger partial charge in [0.25, 0.3) is 0 Å². The maximum atomic E-state index is 10.1. The van der Waals surface area contributed by atoms with Crippen molar-refractivity contribution in [2.45, 2.75) is 13.8 Å². The van der Waals surface area contributed by atoms with E-state index in [1.165, 1.54) is 0 Å². The van der Waals surface area contributed by atoms with E-state index in [4.69, 9.17) is 0 Å². The number of allylic oxidation sites excluding steroid dienone is 1. The van der Waals surface area contributed by atoms with Crippen molar-refractivity contribution in [2.24, 2.45) is 11.8 Å². The summed E-state index contributed by atoms with van der Waals surface area (Å²) in [6, 6.07) is 0. The molecule has 0 aromatic carbocycles. The Bertz CT molecular complexity index is 76.4. The first-order valence-corrected chi connectivity index (χ1v) is 2.80. The second-order valence-corrected chi connectivity index (χ2v) is 2.19. The zero-order valence-corrected chi connectivity index (χ0v) is 5.42. The number of rotatable bonds is 3. The molecule has 1 unspecified atom stereocenters. The number of aldehydes is 1. The first kappa shape index (κ1) is 7.41. The lowest BCUT2D eigenvalue weighted by Crippen LogP contribution is -2.05. The summed E-state index contributed by atoms with van der Waals surface area (Å²) in [7, 11) is 0. The molecule has 0 bridgehead atoms. The summed E-state index contributed by atoms with van der Waals surface area (Å²) in [6.07, 6.45) is 2.61. The maximum absolute atomic E-state index is 10.1. The van der Waals surface area contributed by atoms with Crippen LogP contribution in [-0.4, -0.2) is 6.29 Å². The monoisotopic (exact) mass is 112 g/mol. The summed E-state index contributed by atoms with van der Waals surface area (Å²) in [4.78, 5) is 10.1. The molecule has 0 radical (unpaired) electrons. The van der Waals surface area contributed by atoms with Crippen LogP contribution in [0.1, 0.15) is 13.8 Å². The van der Waals surface area contributed by atoms with Crippen LogP contribution in [0.3, 0.4) is 0 Å². The SMILES string of the molecule is C=CC(C=O)C(C)C. The molecule has 46 valence electrons. The van der Waals surface area contributed by atoms with Gasteiger partial charge < -0.3 is 4.79 Å². The van der Waals surface area contributed by atoms with E-state index in [1.807, 2.05) is 13.8 Å². The summed E-state index contributed by atoms with van der Waals surface area (Å²) in [5, 5.41) is 0. The van der Waals surface area contributed by atoms with E-state index in [2.05, 4.69) is 6.58 Å². The highest BCUT2D eigenvalue weighted by molar-refractivity contribution is 5.56.